The Morgan fingerprint density at radius 3 is 2.23 bits per heavy atom. The lowest BCUT2D eigenvalue weighted by Gasteiger charge is -2.31. The van der Waals surface area contributed by atoms with Crippen molar-refractivity contribution >= 4 is 0 Å². The van der Waals surface area contributed by atoms with Crippen LogP contribution in [0.3, 0.4) is 0 Å². The molecule has 7 heteroatoms. The summed E-state index contributed by atoms with van der Waals surface area (Å²) < 4.78 is 14.0. The van der Waals surface area contributed by atoms with Gasteiger partial charge in [-0.15, -0.1) is 0 Å². The van der Waals surface area contributed by atoms with Gasteiger partial charge in [0.1, 0.15) is 17.3 Å². The van der Waals surface area contributed by atoms with Crippen LogP contribution in [-0.4, -0.2) is 46.6 Å². The molecule has 0 saturated carbocycles. The van der Waals surface area contributed by atoms with E-state index < -0.39 is 0 Å². The number of hydrogen-bond acceptors (Lipinski definition) is 5. The van der Waals surface area contributed by atoms with Gasteiger partial charge >= 0.3 is 5.69 Å². The highest BCUT2D eigenvalue weighted by molar-refractivity contribution is 5.38. The van der Waals surface area contributed by atoms with Crippen molar-refractivity contribution in [2.45, 2.75) is 25.3 Å². The number of methoxy groups -OCH3 is 2. The van der Waals surface area contributed by atoms with Gasteiger partial charge in [-0.1, -0.05) is 18.2 Å². The fourth-order valence-electron chi connectivity index (χ4n) is 4.13. The molecule has 1 saturated heterocycles. The van der Waals surface area contributed by atoms with Gasteiger partial charge in [0.05, 0.1) is 19.9 Å². The Morgan fingerprint density at radius 2 is 1.63 bits per heavy atom. The number of likely N-dealkylation sites (tertiary alicyclic amines) is 1. The molecule has 0 radical (unpaired) electrons. The Balaban J connectivity index is 1.48. The largest absolute Gasteiger partial charge is 0.497 e. The summed E-state index contributed by atoms with van der Waals surface area (Å²) in [5, 5.41) is 4.58. The molecule has 1 fully saturated rings. The number of aryl methyl sites for hydroxylation is 1. The first kappa shape index (κ1) is 20.2. The number of ether oxygens (including phenoxy) is 2. The number of hydrogen-bond donors (Lipinski definition) is 0. The molecule has 0 atom stereocenters. The number of nitrogens with zero attached hydrogens (tertiary/aromatic N) is 4. The van der Waals surface area contributed by atoms with E-state index in [-0.39, 0.29) is 11.6 Å². The first-order chi connectivity index (χ1) is 14.6. The molecule has 0 bridgehead atoms. The second-order valence-electron chi connectivity index (χ2n) is 7.71. The highest BCUT2D eigenvalue weighted by atomic mass is 16.5. The minimum atomic E-state index is -0.0953. The van der Waals surface area contributed by atoms with Gasteiger partial charge in [-0.3, -0.25) is 4.90 Å². The molecule has 0 aliphatic carbocycles. The average molecular weight is 409 g/mol. The Labute approximate surface area is 176 Å². The second-order valence-corrected chi connectivity index (χ2v) is 7.71. The molecule has 0 spiro atoms. The van der Waals surface area contributed by atoms with E-state index in [0.717, 1.165) is 55.5 Å². The van der Waals surface area contributed by atoms with Crippen molar-refractivity contribution in [1.29, 1.82) is 0 Å². The Bertz CT molecular complexity index is 1030. The maximum atomic E-state index is 12.7. The molecule has 2 aromatic carbocycles. The summed E-state index contributed by atoms with van der Waals surface area (Å²) in [5.41, 5.74) is 1.95. The molecule has 1 aliphatic rings. The third-order valence-electron chi connectivity index (χ3n) is 5.73. The normalized spacial score (nSPS) is 15.3. The molecule has 1 aromatic heterocycles. The van der Waals surface area contributed by atoms with Gasteiger partial charge in [0.25, 0.3) is 0 Å². The highest BCUT2D eigenvalue weighted by Gasteiger charge is 2.27. The van der Waals surface area contributed by atoms with Crippen LogP contribution >= 0.6 is 0 Å². The number of rotatable bonds is 6. The number of aromatic nitrogens is 3. The Hall–Kier alpha value is -3.06. The number of piperidine rings is 1. The summed E-state index contributed by atoms with van der Waals surface area (Å²) in [5.74, 6) is 2.73. The van der Waals surface area contributed by atoms with Crippen molar-refractivity contribution in [2.24, 2.45) is 7.05 Å². The van der Waals surface area contributed by atoms with Gasteiger partial charge in [0.2, 0.25) is 0 Å². The maximum Gasteiger partial charge on any atom is 0.350 e. The minimum Gasteiger partial charge on any atom is -0.497 e. The molecule has 158 valence electrons. The van der Waals surface area contributed by atoms with E-state index in [2.05, 4.69) is 22.1 Å². The van der Waals surface area contributed by atoms with Crippen molar-refractivity contribution in [3.05, 3.63) is 70.4 Å². The standard InChI is InChI=1S/C23H28N4O3/c1-25-23(28)27(19-7-5-4-6-8-19)22(24-25)18-9-11-26(12-10-18)16-17-13-20(29-2)15-21(14-17)30-3/h4-8,13-15,18H,9-12,16H2,1-3H3. The molecule has 0 N–H and O–H groups in total. The van der Waals surface area contributed by atoms with Crippen LogP contribution in [0.25, 0.3) is 5.69 Å². The van der Waals surface area contributed by atoms with Crippen LogP contribution in [0.15, 0.2) is 53.3 Å². The summed E-state index contributed by atoms with van der Waals surface area (Å²) >= 11 is 0. The molecule has 0 amide bonds. The fraction of sp³-hybridized carbons (Fsp3) is 0.391. The van der Waals surface area contributed by atoms with E-state index in [1.54, 1.807) is 25.8 Å². The molecule has 4 rings (SSSR count). The number of benzene rings is 2. The van der Waals surface area contributed by atoms with E-state index in [0.29, 0.717) is 0 Å². The monoisotopic (exact) mass is 408 g/mol. The third kappa shape index (κ3) is 4.11. The van der Waals surface area contributed by atoms with Crippen LogP contribution in [0.5, 0.6) is 11.5 Å². The fourth-order valence-corrected chi connectivity index (χ4v) is 4.13. The zero-order valence-electron chi connectivity index (χ0n) is 17.7. The van der Waals surface area contributed by atoms with E-state index in [1.807, 2.05) is 36.4 Å². The van der Waals surface area contributed by atoms with Gasteiger partial charge in [-0.05, 0) is 55.8 Å². The van der Waals surface area contributed by atoms with Gasteiger partial charge in [0.15, 0.2) is 0 Å². The first-order valence-corrected chi connectivity index (χ1v) is 10.2. The maximum absolute atomic E-state index is 12.7. The van der Waals surface area contributed by atoms with E-state index >= 15 is 0 Å². The van der Waals surface area contributed by atoms with E-state index in [1.165, 1.54) is 10.2 Å². The van der Waals surface area contributed by atoms with E-state index in [4.69, 9.17) is 9.47 Å². The topological polar surface area (TPSA) is 61.5 Å². The lowest BCUT2D eigenvalue weighted by atomic mass is 9.95. The lowest BCUT2D eigenvalue weighted by molar-refractivity contribution is 0.200. The first-order valence-electron chi connectivity index (χ1n) is 10.2. The Kier molecular flexibility index (Phi) is 5.90. The van der Waals surface area contributed by atoms with Crippen molar-refractivity contribution < 1.29 is 9.47 Å². The van der Waals surface area contributed by atoms with Crippen molar-refractivity contribution in [1.82, 2.24) is 19.2 Å². The quantitative estimate of drug-likeness (QED) is 0.628. The van der Waals surface area contributed by atoms with Gasteiger partial charge in [-0.25, -0.2) is 14.0 Å². The summed E-state index contributed by atoms with van der Waals surface area (Å²) in [4.78, 5) is 15.1. The van der Waals surface area contributed by atoms with Gasteiger partial charge in [-0.2, -0.15) is 5.10 Å². The summed E-state index contributed by atoms with van der Waals surface area (Å²) in [7, 11) is 5.06. The van der Waals surface area contributed by atoms with Gasteiger partial charge in [0, 0.05) is 25.6 Å². The van der Waals surface area contributed by atoms with Crippen LogP contribution < -0.4 is 15.2 Å². The molecule has 7 nitrogen and oxygen atoms in total. The molecule has 30 heavy (non-hydrogen) atoms. The van der Waals surface area contributed by atoms with Crippen LogP contribution in [-0.2, 0) is 13.6 Å². The predicted octanol–water partition coefficient (Wildman–Crippen LogP) is 2.97. The smallest absolute Gasteiger partial charge is 0.350 e. The SMILES string of the molecule is COc1cc(CN2CCC(c3nn(C)c(=O)n3-c3ccccc3)CC2)cc(OC)c1. The molecular formula is C23H28N4O3. The Morgan fingerprint density at radius 1 is 1.00 bits per heavy atom. The zero-order chi connectivity index (χ0) is 21.1. The van der Waals surface area contributed by atoms with Gasteiger partial charge < -0.3 is 9.47 Å². The van der Waals surface area contributed by atoms with Crippen LogP contribution in [0, 0.1) is 0 Å². The van der Waals surface area contributed by atoms with E-state index in [9.17, 15) is 4.79 Å². The van der Waals surface area contributed by atoms with Crippen molar-refractivity contribution in [2.75, 3.05) is 27.3 Å². The van der Waals surface area contributed by atoms with Crippen LogP contribution in [0.4, 0.5) is 0 Å². The molecule has 0 unspecified atom stereocenters. The summed E-state index contributed by atoms with van der Waals surface area (Å²) in [6.07, 6.45) is 1.93. The summed E-state index contributed by atoms with van der Waals surface area (Å²) in [6.45, 7) is 2.74. The van der Waals surface area contributed by atoms with Crippen LogP contribution in [0.1, 0.15) is 30.1 Å². The molecule has 3 aromatic rings. The van der Waals surface area contributed by atoms with Crippen molar-refractivity contribution in [3.63, 3.8) is 0 Å². The average Bonchev–Trinajstić information content (AvgIpc) is 3.08. The molecule has 2 heterocycles. The minimum absolute atomic E-state index is 0.0953. The predicted molar refractivity (Wildman–Crippen MR) is 116 cm³/mol. The zero-order valence-corrected chi connectivity index (χ0v) is 17.7. The second kappa shape index (κ2) is 8.75. The summed E-state index contributed by atoms with van der Waals surface area (Å²) in [6, 6.07) is 15.8. The van der Waals surface area contributed by atoms with Crippen LogP contribution in [0.2, 0.25) is 0 Å². The molecular weight excluding hydrogens is 380 g/mol. The van der Waals surface area contributed by atoms with Crippen molar-refractivity contribution in [3.8, 4) is 17.2 Å². The number of para-hydroxylation sites is 1. The lowest BCUT2D eigenvalue weighted by Crippen LogP contribution is -2.33. The molecule has 1 aliphatic heterocycles. The highest BCUT2D eigenvalue weighted by Crippen LogP contribution is 2.29. The third-order valence-corrected chi connectivity index (χ3v) is 5.73.